The van der Waals surface area contributed by atoms with Crippen LogP contribution in [0.2, 0.25) is 0 Å². The average molecular weight is 407 g/mol. The number of anilines is 1. The Hall–Kier alpha value is -2.45. The predicted molar refractivity (Wildman–Crippen MR) is 98.8 cm³/mol. The van der Waals surface area contributed by atoms with Crippen LogP contribution in [0, 0.1) is 0 Å². The van der Waals surface area contributed by atoms with E-state index in [9.17, 15) is 22.8 Å². The van der Waals surface area contributed by atoms with E-state index in [1.807, 2.05) is 17.5 Å². The number of halogens is 3. The van der Waals surface area contributed by atoms with Gasteiger partial charge in [0, 0.05) is 11.5 Å². The number of carbonyl (C=O) groups excluding carboxylic acids is 2. The molecule has 2 aliphatic rings. The normalized spacial score (nSPS) is 24.5. The van der Waals surface area contributed by atoms with Gasteiger partial charge in [0.25, 0.3) is 11.8 Å². The van der Waals surface area contributed by atoms with E-state index in [4.69, 9.17) is 4.74 Å². The molecule has 4 nitrogen and oxygen atoms in total. The van der Waals surface area contributed by atoms with Crippen LogP contribution in [0.3, 0.4) is 0 Å². The first-order chi connectivity index (χ1) is 13.3. The summed E-state index contributed by atoms with van der Waals surface area (Å²) >= 11 is 1.42. The molecule has 1 aromatic carbocycles. The van der Waals surface area contributed by atoms with Crippen LogP contribution in [-0.2, 0) is 20.5 Å². The van der Waals surface area contributed by atoms with Gasteiger partial charge in [-0.15, -0.1) is 11.3 Å². The van der Waals surface area contributed by atoms with Crippen LogP contribution in [-0.4, -0.2) is 24.0 Å². The number of nitrogens with zero attached hydrogens (tertiary/aromatic N) is 1. The van der Waals surface area contributed by atoms with Crippen LogP contribution >= 0.6 is 11.3 Å². The van der Waals surface area contributed by atoms with Crippen molar-refractivity contribution in [1.29, 1.82) is 0 Å². The molecule has 2 fully saturated rings. The van der Waals surface area contributed by atoms with Crippen LogP contribution in [0.4, 0.5) is 18.9 Å². The number of carbonyl (C=O) groups is 2. The minimum Gasteiger partial charge on any atom is -0.360 e. The van der Waals surface area contributed by atoms with E-state index < -0.39 is 29.2 Å². The summed E-state index contributed by atoms with van der Waals surface area (Å²) in [5.74, 6) is -1.10. The number of benzene rings is 1. The second-order valence-electron chi connectivity index (χ2n) is 6.70. The number of hydrogen-bond acceptors (Lipinski definition) is 4. The Bertz CT molecular complexity index is 927. The first-order valence-electron chi connectivity index (χ1n) is 8.79. The van der Waals surface area contributed by atoms with Crippen LogP contribution < -0.4 is 4.90 Å². The summed E-state index contributed by atoms with van der Waals surface area (Å²) in [6, 6.07) is 7.68. The van der Waals surface area contributed by atoms with Crippen molar-refractivity contribution >= 4 is 34.9 Å². The summed E-state index contributed by atoms with van der Waals surface area (Å²) in [6.45, 7) is 0.349. The smallest absolute Gasteiger partial charge is 0.360 e. The molecule has 0 radical (unpaired) electrons. The monoisotopic (exact) mass is 407 g/mol. The maximum Gasteiger partial charge on any atom is 0.416 e. The van der Waals surface area contributed by atoms with Crippen molar-refractivity contribution in [3.8, 4) is 0 Å². The Kier molecular flexibility index (Phi) is 4.63. The van der Waals surface area contributed by atoms with Gasteiger partial charge in [-0.3, -0.25) is 9.59 Å². The molecular weight excluding hydrogens is 391 g/mol. The second-order valence-corrected chi connectivity index (χ2v) is 7.68. The van der Waals surface area contributed by atoms with Crippen molar-refractivity contribution in [2.24, 2.45) is 0 Å². The van der Waals surface area contributed by atoms with Crippen molar-refractivity contribution in [1.82, 2.24) is 0 Å². The highest BCUT2D eigenvalue weighted by molar-refractivity contribution is 7.10. The second kappa shape index (κ2) is 6.86. The van der Waals surface area contributed by atoms with Crippen LogP contribution in [0.1, 0.15) is 29.7 Å². The summed E-state index contributed by atoms with van der Waals surface area (Å²) in [6.07, 6.45) is -0.959. The molecular formula is C20H16F3NO3S. The molecule has 4 rings (SSSR count). The molecule has 1 atom stereocenters. The lowest BCUT2D eigenvalue weighted by molar-refractivity contribution is -0.140. The predicted octanol–water partition coefficient (Wildman–Crippen LogP) is 4.66. The lowest BCUT2D eigenvalue weighted by Crippen LogP contribution is -2.45. The van der Waals surface area contributed by atoms with Crippen LogP contribution in [0.25, 0.3) is 6.08 Å². The Labute approximate surface area is 163 Å². The number of rotatable bonds is 2. The number of ether oxygens (including phenoxy) is 1. The van der Waals surface area contributed by atoms with Gasteiger partial charge in [-0.2, -0.15) is 13.2 Å². The van der Waals surface area contributed by atoms with Gasteiger partial charge in [0.1, 0.15) is 0 Å². The molecule has 1 aromatic heterocycles. The van der Waals surface area contributed by atoms with Gasteiger partial charge in [-0.1, -0.05) is 6.07 Å². The summed E-state index contributed by atoms with van der Waals surface area (Å²) < 4.78 is 44.3. The highest BCUT2D eigenvalue weighted by Crippen LogP contribution is 2.43. The third-order valence-electron chi connectivity index (χ3n) is 4.97. The largest absolute Gasteiger partial charge is 0.416 e. The maximum atomic E-state index is 13.2. The van der Waals surface area contributed by atoms with Crippen molar-refractivity contribution in [2.45, 2.75) is 31.0 Å². The molecule has 1 unspecified atom stereocenters. The highest BCUT2D eigenvalue weighted by atomic mass is 32.1. The Balaban J connectivity index is 1.77. The first kappa shape index (κ1) is 18.9. The van der Waals surface area contributed by atoms with Crippen molar-refractivity contribution in [3.05, 3.63) is 57.8 Å². The fourth-order valence-corrected chi connectivity index (χ4v) is 4.24. The topological polar surface area (TPSA) is 46.6 Å². The van der Waals surface area contributed by atoms with E-state index in [1.165, 1.54) is 11.3 Å². The molecule has 2 saturated heterocycles. The van der Waals surface area contributed by atoms with E-state index in [0.717, 1.165) is 46.9 Å². The molecule has 3 heterocycles. The fourth-order valence-electron chi connectivity index (χ4n) is 3.58. The van der Waals surface area contributed by atoms with Gasteiger partial charge in [-0.05, 0) is 61.1 Å². The molecule has 146 valence electrons. The minimum absolute atomic E-state index is 0.103. The van der Waals surface area contributed by atoms with Gasteiger partial charge < -0.3 is 4.74 Å². The standard InChI is InChI=1S/C20H16F3NO3S/c21-20(22,23)13-5-7-14(8-6-13)24-17(25)16(12-15-4-3-11-28-15)19(18(24)26)9-1-2-10-27-19/h3-8,11-12H,1-2,9-10H2/b16-12-. The van der Waals surface area contributed by atoms with Gasteiger partial charge in [-0.25, -0.2) is 4.90 Å². The molecule has 2 aromatic rings. The molecule has 0 saturated carbocycles. The molecule has 2 amide bonds. The quantitative estimate of drug-likeness (QED) is 0.537. The Morgan fingerprint density at radius 3 is 2.43 bits per heavy atom. The van der Waals surface area contributed by atoms with Crippen molar-refractivity contribution in [2.75, 3.05) is 11.5 Å². The Morgan fingerprint density at radius 1 is 1.11 bits per heavy atom. The summed E-state index contributed by atoms with van der Waals surface area (Å²) in [5, 5.41) is 1.86. The summed E-state index contributed by atoms with van der Waals surface area (Å²) in [4.78, 5) is 28.1. The van der Waals surface area contributed by atoms with Gasteiger partial charge in [0.05, 0.1) is 16.8 Å². The first-order valence-corrected chi connectivity index (χ1v) is 9.67. The lowest BCUT2D eigenvalue weighted by atomic mass is 9.87. The molecule has 8 heteroatoms. The minimum atomic E-state index is -4.49. The lowest BCUT2D eigenvalue weighted by Gasteiger charge is -2.32. The number of imide groups is 1. The average Bonchev–Trinajstić information content (AvgIpc) is 3.25. The Morgan fingerprint density at radius 2 is 1.86 bits per heavy atom. The van der Waals surface area contributed by atoms with Crippen molar-refractivity contribution < 1.29 is 27.5 Å². The van der Waals surface area contributed by atoms with Crippen LogP contribution in [0.15, 0.2) is 47.4 Å². The zero-order chi connectivity index (χ0) is 19.9. The summed E-state index contributed by atoms with van der Waals surface area (Å²) in [7, 11) is 0. The number of amides is 2. The highest BCUT2D eigenvalue weighted by Gasteiger charge is 2.58. The van der Waals surface area contributed by atoms with E-state index in [2.05, 4.69) is 0 Å². The van der Waals surface area contributed by atoms with Gasteiger partial charge in [0.15, 0.2) is 5.60 Å². The van der Waals surface area contributed by atoms with E-state index in [1.54, 1.807) is 6.08 Å². The number of alkyl halides is 3. The zero-order valence-corrected chi connectivity index (χ0v) is 15.5. The zero-order valence-electron chi connectivity index (χ0n) is 14.7. The molecule has 0 N–H and O–H groups in total. The van der Waals surface area contributed by atoms with Gasteiger partial charge >= 0.3 is 6.18 Å². The van der Waals surface area contributed by atoms with E-state index >= 15 is 0 Å². The SMILES string of the molecule is O=C1/C(=C/c2cccs2)C2(CCCCO2)C(=O)N1c1ccc(C(F)(F)F)cc1. The number of thiophene rings is 1. The number of hydrogen-bond donors (Lipinski definition) is 0. The molecule has 0 bridgehead atoms. The van der Waals surface area contributed by atoms with Crippen molar-refractivity contribution in [3.63, 3.8) is 0 Å². The summed E-state index contributed by atoms with van der Waals surface area (Å²) in [5.41, 5.74) is -1.87. The molecule has 28 heavy (non-hydrogen) atoms. The fraction of sp³-hybridized carbons (Fsp3) is 0.300. The van der Waals surface area contributed by atoms with E-state index in [0.29, 0.717) is 13.0 Å². The molecule has 1 spiro atoms. The third-order valence-corrected chi connectivity index (χ3v) is 5.79. The van der Waals surface area contributed by atoms with Crippen LogP contribution in [0.5, 0.6) is 0 Å². The third kappa shape index (κ3) is 3.06. The molecule has 2 aliphatic heterocycles. The van der Waals surface area contributed by atoms with Gasteiger partial charge in [0.2, 0.25) is 0 Å². The van der Waals surface area contributed by atoms with E-state index in [-0.39, 0.29) is 11.3 Å². The molecule has 0 aliphatic carbocycles. The maximum absolute atomic E-state index is 13.2.